The Balaban J connectivity index is 2.30. The molecule has 0 spiro atoms. The van der Waals surface area contributed by atoms with Gasteiger partial charge < -0.3 is 9.67 Å². The largest absolute Gasteiger partial charge is 0.396 e. The molecule has 1 atom stereocenters. The van der Waals surface area contributed by atoms with Gasteiger partial charge in [0.1, 0.15) is 5.82 Å². The monoisotopic (exact) mass is 200 g/mol. The number of aryl methyl sites for hydroxylation is 1. The van der Waals surface area contributed by atoms with Gasteiger partial charge in [0.2, 0.25) is 0 Å². The molecule has 4 heteroatoms. The molecule has 0 saturated heterocycles. The van der Waals surface area contributed by atoms with E-state index in [-0.39, 0.29) is 6.61 Å². The van der Waals surface area contributed by atoms with Crippen LogP contribution < -0.4 is 0 Å². The molecule has 1 rings (SSSR count). The zero-order valence-corrected chi connectivity index (χ0v) is 8.92. The third-order valence-corrected chi connectivity index (χ3v) is 3.18. The SMILES string of the molecule is CC(CCO)SCc1nccn1C. The van der Waals surface area contributed by atoms with E-state index in [0.29, 0.717) is 5.25 Å². The van der Waals surface area contributed by atoms with Crippen LogP contribution in [0.4, 0.5) is 0 Å². The molecule has 0 aromatic carbocycles. The summed E-state index contributed by atoms with van der Waals surface area (Å²) in [4.78, 5) is 4.23. The average Bonchev–Trinajstić information content (AvgIpc) is 2.48. The number of rotatable bonds is 5. The molecule has 0 amide bonds. The van der Waals surface area contributed by atoms with Gasteiger partial charge in [-0.05, 0) is 6.42 Å². The summed E-state index contributed by atoms with van der Waals surface area (Å²) in [7, 11) is 2.00. The molecule has 0 aliphatic carbocycles. The van der Waals surface area contributed by atoms with Gasteiger partial charge >= 0.3 is 0 Å². The van der Waals surface area contributed by atoms with Gasteiger partial charge in [0.15, 0.2) is 0 Å². The van der Waals surface area contributed by atoms with Gasteiger partial charge in [0, 0.05) is 31.3 Å². The topological polar surface area (TPSA) is 38.1 Å². The molecule has 1 heterocycles. The van der Waals surface area contributed by atoms with Crippen molar-refractivity contribution < 1.29 is 5.11 Å². The van der Waals surface area contributed by atoms with E-state index in [0.717, 1.165) is 18.0 Å². The number of nitrogens with zero attached hydrogens (tertiary/aromatic N) is 2. The normalized spacial score (nSPS) is 13.2. The van der Waals surface area contributed by atoms with E-state index in [9.17, 15) is 0 Å². The molecule has 0 aliphatic heterocycles. The highest BCUT2D eigenvalue weighted by molar-refractivity contribution is 7.99. The van der Waals surface area contributed by atoms with Crippen molar-refractivity contribution in [3.05, 3.63) is 18.2 Å². The Kier molecular flexibility index (Phi) is 4.32. The summed E-state index contributed by atoms with van der Waals surface area (Å²) in [6.07, 6.45) is 4.62. The Morgan fingerprint density at radius 2 is 2.46 bits per heavy atom. The zero-order valence-electron chi connectivity index (χ0n) is 8.10. The molecule has 13 heavy (non-hydrogen) atoms. The minimum absolute atomic E-state index is 0.273. The molecule has 0 saturated carbocycles. The van der Waals surface area contributed by atoms with Crippen LogP contribution in [0.25, 0.3) is 0 Å². The van der Waals surface area contributed by atoms with Gasteiger partial charge in [-0.2, -0.15) is 11.8 Å². The van der Waals surface area contributed by atoms with Crippen molar-refractivity contribution in [3.8, 4) is 0 Å². The smallest absolute Gasteiger partial charge is 0.118 e. The van der Waals surface area contributed by atoms with Crippen LogP contribution in [0.2, 0.25) is 0 Å². The Morgan fingerprint density at radius 3 is 3.00 bits per heavy atom. The molecule has 0 bridgehead atoms. The molecule has 1 N–H and O–H groups in total. The molecule has 0 radical (unpaired) electrons. The summed E-state index contributed by atoms with van der Waals surface area (Å²) in [5.41, 5.74) is 0. The summed E-state index contributed by atoms with van der Waals surface area (Å²) < 4.78 is 2.03. The fraction of sp³-hybridized carbons (Fsp3) is 0.667. The Bertz CT molecular complexity index is 250. The van der Waals surface area contributed by atoms with E-state index < -0.39 is 0 Å². The summed E-state index contributed by atoms with van der Waals surface area (Å²) in [6, 6.07) is 0. The van der Waals surface area contributed by atoms with Crippen molar-refractivity contribution in [2.45, 2.75) is 24.3 Å². The van der Waals surface area contributed by atoms with E-state index in [2.05, 4.69) is 11.9 Å². The minimum atomic E-state index is 0.273. The first-order chi connectivity index (χ1) is 6.24. The molecule has 0 fully saturated rings. The number of aliphatic hydroxyl groups excluding tert-OH is 1. The van der Waals surface area contributed by atoms with Crippen molar-refractivity contribution in [2.75, 3.05) is 6.61 Å². The van der Waals surface area contributed by atoms with Crippen LogP contribution in [0.3, 0.4) is 0 Å². The lowest BCUT2D eigenvalue weighted by molar-refractivity contribution is 0.289. The Hall–Kier alpha value is -0.480. The first-order valence-electron chi connectivity index (χ1n) is 4.42. The number of aliphatic hydroxyl groups is 1. The molecule has 0 aliphatic rings. The number of hydrogen-bond acceptors (Lipinski definition) is 3. The van der Waals surface area contributed by atoms with E-state index in [1.54, 1.807) is 0 Å². The molecular formula is C9H16N2OS. The van der Waals surface area contributed by atoms with Gasteiger partial charge in [0.25, 0.3) is 0 Å². The van der Waals surface area contributed by atoms with Gasteiger partial charge in [-0.15, -0.1) is 0 Å². The predicted molar refractivity (Wildman–Crippen MR) is 55.7 cm³/mol. The van der Waals surface area contributed by atoms with Crippen LogP contribution in [0, 0.1) is 0 Å². The van der Waals surface area contributed by atoms with Gasteiger partial charge in [-0.25, -0.2) is 4.98 Å². The molecular weight excluding hydrogens is 184 g/mol. The third-order valence-electron chi connectivity index (χ3n) is 1.95. The second-order valence-electron chi connectivity index (χ2n) is 3.09. The average molecular weight is 200 g/mol. The summed E-state index contributed by atoms with van der Waals surface area (Å²) in [5, 5.41) is 9.22. The summed E-state index contributed by atoms with van der Waals surface area (Å²) in [6.45, 7) is 2.40. The fourth-order valence-electron chi connectivity index (χ4n) is 1.02. The van der Waals surface area contributed by atoms with Crippen molar-refractivity contribution in [3.63, 3.8) is 0 Å². The minimum Gasteiger partial charge on any atom is -0.396 e. The Morgan fingerprint density at radius 1 is 1.69 bits per heavy atom. The third kappa shape index (κ3) is 3.40. The first kappa shape index (κ1) is 10.6. The maximum absolute atomic E-state index is 8.71. The van der Waals surface area contributed by atoms with Crippen LogP contribution in [0.5, 0.6) is 0 Å². The highest BCUT2D eigenvalue weighted by Crippen LogP contribution is 2.18. The second kappa shape index (κ2) is 5.29. The number of aromatic nitrogens is 2. The van der Waals surface area contributed by atoms with Crippen molar-refractivity contribution >= 4 is 11.8 Å². The lowest BCUT2D eigenvalue weighted by atomic mass is 10.3. The lowest BCUT2D eigenvalue weighted by Gasteiger charge is -2.08. The highest BCUT2D eigenvalue weighted by Gasteiger charge is 2.04. The van der Waals surface area contributed by atoms with E-state index in [1.165, 1.54) is 0 Å². The maximum Gasteiger partial charge on any atom is 0.118 e. The molecule has 1 unspecified atom stereocenters. The highest BCUT2D eigenvalue weighted by atomic mass is 32.2. The fourth-order valence-corrected chi connectivity index (χ4v) is 2.00. The first-order valence-corrected chi connectivity index (χ1v) is 5.47. The number of hydrogen-bond donors (Lipinski definition) is 1. The maximum atomic E-state index is 8.71. The lowest BCUT2D eigenvalue weighted by Crippen LogP contribution is -2.02. The number of thioether (sulfide) groups is 1. The van der Waals surface area contributed by atoms with Crippen LogP contribution >= 0.6 is 11.8 Å². The Labute approximate surface area is 83.2 Å². The van der Waals surface area contributed by atoms with Crippen molar-refractivity contribution in [1.29, 1.82) is 0 Å². The van der Waals surface area contributed by atoms with E-state index in [1.807, 2.05) is 35.8 Å². The van der Waals surface area contributed by atoms with E-state index in [4.69, 9.17) is 5.11 Å². The summed E-state index contributed by atoms with van der Waals surface area (Å²) in [5.74, 6) is 2.01. The van der Waals surface area contributed by atoms with Gasteiger partial charge in [-0.1, -0.05) is 6.92 Å². The van der Waals surface area contributed by atoms with E-state index >= 15 is 0 Å². The van der Waals surface area contributed by atoms with Gasteiger partial charge in [0.05, 0.1) is 5.75 Å². The number of imidazole rings is 1. The van der Waals surface area contributed by atoms with Crippen molar-refractivity contribution in [2.24, 2.45) is 7.05 Å². The van der Waals surface area contributed by atoms with Crippen LogP contribution in [0.15, 0.2) is 12.4 Å². The molecule has 1 aromatic rings. The standard InChI is InChI=1S/C9H16N2OS/c1-8(3-6-12)13-7-9-10-4-5-11(9)2/h4-5,8,12H,3,6-7H2,1-2H3. The zero-order chi connectivity index (χ0) is 9.68. The van der Waals surface area contributed by atoms with Crippen LogP contribution in [-0.4, -0.2) is 26.5 Å². The van der Waals surface area contributed by atoms with Gasteiger partial charge in [-0.3, -0.25) is 0 Å². The van der Waals surface area contributed by atoms with Crippen LogP contribution in [0.1, 0.15) is 19.2 Å². The van der Waals surface area contributed by atoms with Crippen molar-refractivity contribution in [1.82, 2.24) is 9.55 Å². The predicted octanol–water partition coefficient (Wildman–Crippen LogP) is 1.42. The summed E-state index contributed by atoms with van der Waals surface area (Å²) >= 11 is 1.83. The molecule has 3 nitrogen and oxygen atoms in total. The quantitative estimate of drug-likeness (QED) is 0.781. The molecule has 1 aromatic heterocycles. The van der Waals surface area contributed by atoms with Crippen LogP contribution in [-0.2, 0) is 12.8 Å². The molecule has 74 valence electrons. The second-order valence-corrected chi connectivity index (χ2v) is 4.52.